The van der Waals surface area contributed by atoms with Crippen LogP contribution < -0.4 is 0 Å². The van der Waals surface area contributed by atoms with Gasteiger partial charge < -0.3 is 9.84 Å². The standard InChI is InChI=1S/C21H29N3O2/c1-2-24-11-8-18(22-24)16-23-12-9-21(10-13-23)15-19(25)14-20(26-21)17-6-4-3-5-7-17/h3-8,11,19-20,25H,2,9-10,12-16H2,1H3/t19-,20-/m1/s1. The van der Waals surface area contributed by atoms with Crippen LogP contribution in [0.3, 0.4) is 0 Å². The van der Waals surface area contributed by atoms with Crippen LogP contribution in [0.4, 0.5) is 0 Å². The molecule has 2 saturated heterocycles. The third-order valence-corrected chi connectivity index (χ3v) is 5.83. The van der Waals surface area contributed by atoms with Crippen molar-refractivity contribution in [2.75, 3.05) is 13.1 Å². The molecular formula is C21H29N3O2. The van der Waals surface area contributed by atoms with Gasteiger partial charge in [0.05, 0.1) is 23.5 Å². The van der Waals surface area contributed by atoms with Crippen LogP contribution >= 0.6 is 0 Å². The van der Waals surface area contributed by atoms with Gasteiger partial charge in [0.2, 0.25) is 0 Å². The van der Waals surface area contributed by atoms with Crippen LogP contribution in [-0.2, 0) is 17.8 Å². The molecule has 2 fully saturated rings. The number of hydrogen-bond donors (Lipinski definition) is 1. The van der Waals surface area contributed by atoms with E-state index in [0.717, 1.165) is 51.1 Å². The van der Waals surface area contributed by atoms with Crippen molar-refractivity contribution < 1.29 is 9.84 Å². The van der Waals surface area contributed by atoms with E-state index in [-0.39, 0.29) is 17.8 Å². The van der Waals surface area contributed by atoms with Crippen LogP contribution in [0.5, 0.6) is 0 Å². The van der Waals surface area contributed by atoms with Gasteiger partial charge in [-0.2, -0.15) is 5.10 Å². The van der Waals surface area contributed by atoms with Gasteiger partial charge in [0, 0.05) is 45.2 Å². The van der Waals surface area contributed by atoms with Crippen LogP contribution in [0.25, 0.3) is 0 Å². The maximum absolute atomic E-state index is 10.5. The van der Waals surface area contributed by atoms with Crippen molar-refractivity contribution in [1.29, 1.82) is 0 Å². The van der Waals surface area contributed by atoms with Gasteiger partial charge in [-0.05, 0) is 31.4 Å². The maximum atomic E-state index is 10.5. The Labute approximate surface area is 155 Å². The third kappa shape index (κ3) is 3.85. The van der Waals surface area contributed by atoms with Gasteiger partial charge in [0.1, 0.15) is 0 Å². The quantitative estimate of drug-likeness (QED) is 0.915. The average molecular weight is 355 g/mol. The van der Waals surface area contributed by atoms with Crippen LogP contribution in [0, 0.1) is 0 Å². The van der Waals surface area contributed by atoms with Crippen molar-refractivity contribution in [3.05, 3.63) is 53.9 Å². The Balaban J connectivity index is 1.39. The van der Waals surface area contributed by atoms with Crippen molar-refractivity contribution in [2.45, 2.75) is 63.5 Å². The molecule has 0 amide bonds. The zero-order chi connectivity index (χ0) is 18.0. The summed E-state index contributed by atoms with van der Waals surface area (Å²) in [6.07, 6.45) is 5.18. The first-order valence-electron chi connectivity index (χ1n) is 9.81. The summed E-state index contributed by atoms with van der Waals surface area (Å²) in [6, 6.07) is 12.4. The van der Waals surface area contributed by atoms with E-state index in [0.29, 0.717) is 6.42 Å². The minimum Gasteiger partial charge on any atom is -0.393 e. The fraction of sp³-hybridized carbons (Fsp3) is 0.571. The Morgan fingerprint density at radius 1 is 1.19 bits per heavy atom. The first-order valence-corrected chi connectivity index (χ1v) is 9.81. The SMILES string of the molecule is CCn1ccc(CN2CCC3(CC2)C[C@H](O)C[C@H](c2ccccc2)O3)n1. The van der Waals surface area contributed by atoms with Gasteiger partial charge in [-0.25, -0.2) is 0 Å². The molecule has 5 heteroatoms. The van der Waals surface area contributed by atoms with Gasteiger partial charge in [-0.1, -0.05) is 30.3 Å². The van der Waals surface area contributed by atoms with E-state index in [4.69, 9.17) is 4.74 Å². The number of ether oxygens (including phenoxy) is 1. The lowest BCUT2D eigenvalue weighted by Gasteiger charge is -2.48. The van der Waals surface area contributed by atoms with E-state index in [1.54, 1.807) is 0 Å². The highest BCUT2D eigenvalue weighted by Gasteiger charge is 2.43. The number of rotatable bonds is 4. The van der Waals surface area contributed by atoms with Crippen molar-refractivity contribution >= 4 is 0 Å². The molecule has 0 unspecified atom stereocenters. The Bertz CT molecular complexity index is 707. The summed E-state index contributed by atoms with van der Waals surface area (Å²) < 4.78 is 8.56. The minimum atomic E-state index is -0.277. The maximum Gasteiger partial charge on any atom is 0.0857 e. The molecule has 2 aliphatic heterocycles. The number of aliphatic hydroxyl groups is 1. The third-order valence-electron chi connectivity index (χ3n) is 5.83. The fourth-order valence-electron chi connectivity index (χ4n) is 4.36. The van der Waals surface area contributed by atoms with Gasteiger partial charge in [-0.3, -0.25) is 9.58 Å². The van der Waals surface area contributed by atoms with E-state index in [9.17, 15) is 5.11 Å². The first-order chi connectivity index (χ1) is 12.7. The molecule has 0 radical (unpaired) electrons. The minimum absolute atomic E-state index is 0.00625. The van der Waals surface area contributed by atoms with E-state index in [1.807, 2.05) is 29.1 Å². The summed E-state index contributed by atoms with van der Waals surface area (Å²) in [6.45, 7) is 5.90. The highest BCUT2D eigenvalue weighted by molar-refractivity contribution is 5.19. The molecule has 2 aliphatic rings. The number of aliphatic hydroxyl groups excluding tert-OH is 1. The second-order valence-electron chi connectivity index (χ2n) is 7.73. The smallest absolute Gasteiger partial charge is 0.0857 e. The molecule has 1 aromatic heterocycles. The number of hydrogen-bond acceptors (Lipinski definition) is 4. The van der Waals surface area contributed by atoms with Crippen molar-refractivity contribution in [3.8, 4) is 0 Å². The van der Waals surface area contributed by atoms with Gasteiger partial charge in [0.15, 0.2) is 0 Å². The second-order valence-corrected chi connectivity index (χ2v) is 7.73. The number of nitrogens with zero attached hydrogens (tertiary/aromatic N) is 3. The lowest BCUT2D eigenvalue weighted by molar-refractivity contribution is -0.184. The highest BCUT2D eigenvalue weighted by atomic mass is 16.5. The summed E-state index contributed by atoms with van der Waals surface area (Å²) in [5.74, 6) is 0. The number of likely N-dealkylation sites (tertiary alicyclic amines) is 1. The molecule has 2 atom stereocenters. The molecule has 1 spiro atoms. The summed E-state index contributed by atoms with van der Waals surface area (Å²) in [5, 5.41) is 15.1. The molecule has 5 nitrogen and oxygen atoms in total. The molecule has 4 rings (SSSR count). The Kier molecular flexibility index (Phi) is 5.11. The largest absolute Gasteiger partial charge is 0.393 e. The monoisotopic (exact) mass is 355 g/mol. The van der Waals surface area contributed by atoms with Crippen LogP contribution in [0.15, 0.2) is 42.6 Å². The number of aryl methyl sites for hydroxylation is 1. The molecule has 0 bridgehead atoms. The average Bonchev–Trinajstić information content (AvgIpc) is 3.12. The Hall–Kier alpha value is -1.69. The predicted molar refractivity (Wildman–Crippen MR) is 101 cm³/mol. The topological polar surface area (TPSA) is 50.5 Å². The van der Waals surface area contributed by atoms with E-state index >= 15 is 0 Å². The molecule has 1 N–H and O–H groups in total. The van der Waals surface area contributed by atoms with Crippen LogP contribution in [-0.4, -0.2) is 44.6 Å². The lowest BCUT2D eigenvalue weighted by Crippen LogP contribution is -2.50. The summed E-state index contributed by atoms with van der Waals surface area (Å²) in [5.41, 5.74) is 2.13. The van der Waals surface area contributed by atoms with E-state index in [1.165, 1.54) is 5.56 Å². The van der Waals surface area contributed by atoms with Gasteiger partial charge >= 0.3 is 0 Å². The first kappa shape index (κ1) is 17.7. The second kappa shape index (κ2) is 7.51. The number of piperidine rings is 1. The zero-order valence-electron chi connectivity index (χ0n) is 15.6. The molecule has 0 saturated carbocycles. The Morgan fingerprint density at radius 3 is 2.65 bits per heavy atom. The van der Waals surface area contributed by atoms with Gasteiger partial charge in [0.25, 0.3) is 0 Å². The van der Waals surface area contributed by atoms with Crippen molar-refractivity contribution in [3.63, 3.8) is 0 Å². The molecule has 3 heterocycles. The molecular weight excluding hydrogens is 326 g/mol. The molecule has 2 aromatic rings. The van der Waals surface area contributed by atoms with Gasteiger partial charge in [-0.15, -0.1) is 0 Å². The van der Waals surface area contributed by atoms with Crippen molar-refractivity contribution in [2.24, 2.45) is 0 Å². The van der Waals surface area contributed by atoms with E-state index in [2.05, 4.69) is 35.1 Å². The highest BCUT2D eigenvalue weighted by Crippen LogP contribution is 2.43. The van der Waals surface area contributed by atoms with Crippen molar-refractivity contribution in [1.82, 2.24) is 14.7 Å². The molecule has 26 heavy (non-hydrogen) atoms. The van der Waals surface area contributed by atoms with E-state index < -0.39 is 0 Å². The fourth-order valence-corrected chi connectivity index (χ4v) is 4.36. The number of benzene rings is 1. The number of aromatic nitrogens is 2. The normalized spacial score (nSPS) is 26.2. The molecule has 0 aliphatic carbocycles. The zero-order valence-corrected chi connectivity index (χ0v) is 15.6. The van der Waals surface area contributed by atoms with Crippen LogP contribution in [0.1, 0.15) is 50.0 Å². The summed E-state index contributed by atoms with van der Waals surface area (Å²) in [4.78, 5) is 2.45. The lowest BCUT2D eigenvalue weighted by atomic mass is 9.81. The predicted octanol–water partition coefficient (Wildman–Crippen LogP) is 3.15. The van der Waals surface area contributed by atoms with Crippen LogP contribution in [0.2, 0.25) is 0 Å². The summed E-state index contributed by atoms with van der Waals surface area (Å²) >= 11 is 0. The molecule has 140 valence electrons. The Morgan fingerprint density at radius 2 is 1.96 bits per heavy atom. The molecule has 1 aromatic carbocycles. The summed E-state index contributed by atoms with van der Waals surface area (Å²) in [7, 11) is 0.